The summed E-state index contributed by atoms with van der Waals surface area (Å²) in [5.74, 6) is 0. The van der Waals surface area contributed by atoms with Gasteiger partial charge in [0.2, 0.25) is 4.32 Å². The van der Waals surface area contributed by atoms with E-state index in [1.54, 1.807) is 0 Å². The number of thiocarbonyl (C=S) groups is 1. The molecule has 0 aromatic rings. The molecule has 90 valence electrons. The molecule has 0 saturated heterocycles. The number of quaternary nitrogens is 1. The van der Waals surface area contributed by atoms with Crippen molar-refractivity contribution >= 4 is 42.0 Å². The number of thiol groups is 1. The SMILES string of the molecule is CCCCC[N+]([S-])(CCCCC)C(=S)S. The van der Waals surface area contributed by atoms with Crippen LogP contribution in [-0.4, -0.2) is 21.3 Å². The molecular formula is C11H23NS3. The highest BCUT2D eigenvalue weighted by molar-refractivity contribution is 8.10. The molecule has 0 aliphatic heterocycles. The van der Waals surface area contributed by atoms with Gasteiger partial charge in [-0.15, -0.1) is 0 Å². The van der Waals surface area contributed by atoms with E-state index in [-0.39, 0.29) is 0 Å². The van der Waals surface area contributed by atoms with Crippen molar-refractivity contribution in [3.05, 3.63) is 0 Å². The smallest absolute Gasteiger partial charge is 0.212 e. The summed E-state index contributed by atoms with van der Waals surface area (Å²) in [5, 5.41) is 0. The Morgan fingerprint density at radius 2 is 1.47 bits per heavy atom. The lowest BCUT2D eigenvalue weighted by Crippen LogP contribution is -2.46. The summed E-state index contributed by atoms with van der Waals surface area (Å²) in [6.07, 6.45) is 7.24. The quantitative estimate of drug-likeness (QED) is 0.233. The van der Waals surface area contributed by atoms with Crippen molar-refractivity contribution in [2.75, 3.05) is 13.1 Å². The predicted octanol–water partition coefficient (Wildman–Crippen LogP) is 3.86. The summed E-state index contributed by atoms with van der Waals surface area (Å²) in [5.41, 5.74) is 0. The molecule has 15 heavy (non-hydrogen) atoms. The third-order valence-corrected chi connectivity index (χ3v) is 4.13. The maximum Gasteiger partial charge on any atom is 0.212 e. The molecule has 0 aromatic heterocycles. The van der Waals surface area contributed by atoms with Crippen LogP contribution in [0.2, 0.25) is 0 Å². The van der Waals surface area contributed by atoms with Gasteiger partial charge in [-0.1, -0.05) is 39.3 Å². The van der Waals surface area contributed by atoms with Crippen LogP contribution in [0.25, 0.3) is 0 Å². The largest absolute Gasteiger partial charge is 0.486 e. The van der Waals surface area contributed by atoms with Gasteiger partial charge in [0.15, 0.2) is 0 Å². The Labute approximate surface area is 111 Å². The van der Waals surface area contributed by atoms with Gasteiger partial charge in [0.05, 0.1) is 13.1 Å². The predicted molar refractivity (Wildman–Crippen MR) is 78.0 cm³/mol. The van der Waals surface area contributed by atoms with E-state index in [0.29, 0.717) is 8.21 Å². The lowest BCUT2D eigenvalue weighted by Gasteiger charge is -2.42. The maximum absolute atomic E-state index is 5.57. The molecule has 0 amide bonds. The Kier molecular flexibility index (Phi) is 9.29. The fraction of sp³-hybridized carbons (Fsp3) is 0.909. The Hall–Kier alpha value is 0.750. The zero-order chi connectivity index (χ0) is 11.7. The van der Waals surface area contributed by atoms with Crippen molar-refractivity contribution in [3.8, 4) is 0 Å². The summed E-state index contributed by atoms with van der Waals surface area (Å²) in [4.78, 5) is 0. The molecule has 0 N–H and O–H groups in total. The second-order valence-electron chi connectivity index (χ2n) is 4.03. The molecule has 0 aliphatic carbocycles. The van der Waals surface area contributed by atoms with E-state index in [1.165, 1.54) is 25.7 Å². The van der Waals surface area contributed by atoms with E-state index in [1.807, 2.05) is 0 Å². The number of nitrogens with zero attached hydrogens (tertiary/aromatic N) is 1. The molecule has 1 nitrogen and oxygen atoms in total. The monoisotopic (exact) mass is 265 g/mol. The minimum absolute atomic E-state index is 0.457. The van der Waals surface area contributed by atoms with Crippen molar-refractivity contribution in [2.24, 2.45) is 0 Å². The van der Waals surface area contributed by atoms with Crippen molar-refractivity contribution in [1.82, 2.24) is 0 Å². The van der Waals surface area contributed by atoms with Crippen LogP contribution in [0.3, 0.4) is 0 Å². The highest BCUT2D eigenvalue weighted by Crippen LogP contribution is 2.15. The summed E-state index contributed by atoms with van der Waals surface area (Å²) in [6, 6.07) is 0. The van der Waals surface area contributed by atoms with Gasteiger partial charge in [0, 0.05) is 0 Å². The van der Waals surface area contributed by atoms with Crippen LogP contribution < -0.4 is 0 Å². The van der Waals surface area contributed by atoms with Crippen LogP contribution in [-0.2, 0) is 12.8 Å². The molecule has 0 aliphatic rings. The van der Waals surface area contributed by atoms with Crippen molar-refractivity contribution in [3.63, 3.8) is 0 Å². The van der Waals surface area contributed by atoms with E-state index >= 15 is 0 Å². The van der Waals surface area contributed by atoms with Crippen LogP contribution in [0.4, 0.5) is 0 Å². The van der Waals surface area contributed by atoms with Gasteiger partial charge >= 0.3 is 0 Å². The molecule has 0 saturated carbocycles. The number of hydrogen-bond acceptors (Lipinski definition) is 2. The van der Waals surface area contributed by atoms with Gasteiger partial charge in [-0.2, -0.15) is 0 Å². The van der Waals surface area contributed by atoms with Crippen LogP contribution in [0, 0.1) is 0 Å². The minimum atomic E-state index is 0.457. The third-order valence-electron chi connectivity index (χ3n) is 2.59. The highest BCUT2D eigenvalue weighted by atomic mass is 32.1. The van der Waals surface area contributed by atoms with Gasteiger partial charge in [-0.05, 0) is 37.9 Å². The third kappa shape index (κ3) is 6.82. The maximum atomic E-state index is 5.57. The highest BCUT2D eigenvalue weighted by Gasteiger charge is 2.17. The molecule has 0 heterocycles. The van der Waals surface area contributed by atoms with Crippen molar-refractivity contribution in [2.45, 2.75) is 52.4 Å². The van der Waals surface area contributed by atoms with E-state index in [9.17, 15) is 0 Å². The molecule has 0 rings (SSSR count). The number of rotatable bonds is 8. The zero-order valence-electron chi connectivity index (χ0n) is 9.87. The second kappa shape index (κ2) is 8.85. The second-order valence-corrected chi connectivity index (χ2v) is 5.85. The summed E-state index contributed by atoms with van der Waals surface area (Å²) in [6.45, 7) is 6.34. The summed E-state index contributed by atoms with van der Waals surface area (Å²) in [7, 11) is 0. The first-order valence-electron chi connectivity index (χ1n) is 5.88. The molecule has 0 spiro atoms. The van der Waals surface area contributed by atoms with E-state index < -0.39 is 0 Å². The van der Waals surface area contributed by atoms with Gasteiger partial charge in [-0.25, -0.2) is 0 Å². The first kappa shape index (κ1) is 15.8. The Balaban J connectivity index is 4.01. The molecule has 0 unspecified atom stereocenters. The van der Waals surface area contributed by atoms with Crippen LogP contribution in [0.5, 0.6) is 0 Å². The standard InChI is InChI=1S/C11H23NS3/c1-3-5-7-9-12(15,11(13)14)10-8-6-4-2/h3-10H2,1-2H3,(H,13,14). The zero-order valence-corrected chi connectivity index (χ0v) is 12.4. The minimum Gasteiger partial charge on any atom is -0.486 e. The van der Waals surface area contributed by atoms with Crippen LogP contribution in [0.1, 0.15) is 52.4 Å². The summed E-state index contributed by atoms with van der Waals surface area (Å²) >= 11 is 15.0. The topological polar surface area (TPSA) is 0 Å². The van der Waals surface area contributed by atoms with E-state index in [0.717, 1.165) is 25.9 Å². The molecular weight excluding hydrogens is 242 g/mol. The fourth-order valence-corrected chi connectivity index (χ4v) is 2.18. The number of unbranched alkanes of at least 4 members (excludes halogenated alkanes) is 4. The normalized spacial score (nSPS) is 11.7. The summed E-state index contributed by atoms with van der Waals surface area (Å²) < 4.78 is 1.12. The van der Waals surface area contributed by atoms with Gasteiger partial charge in [0.25, 0.3) is 0 Å². The van der Waals surface area contributed by atoms with Crippen LogP contribution >= 0.6 is 24.8 Å². The van der Waals surface area contributed by atoms with Gasteiger partial charge < -0.3 is 16.7 Å². The Morgan fingerprint density at radius 3 is 1.73 bits per heavy atom. The number of hydrogen-bond donors (Lipinski definition) is 1. The van der Waals surface area contributed by atoms with Crippen molar-refractivity contribution in [1.29, 1.82) is 0 Å². The molecule has 0 aromatic carbocycles. The average molecular weight is 266 g/mol. The molecule has 0 atom stereocenters. The lowest BCUT2D eigenvalue weighted by molar-refractivity contribution is -0.691. The molecule has 0 bridgehead atoms. The van der Waals surface area contributed by atoms with Gasteiger partial charge in [0.1, 0.15) is 0 Å². The van der Waals surface area contributed by atoms with Crippen LogP contribution in [0.15, 0.2) is 0 Å². The Morgan fingerprint density at radius 1 is 1.07 bits per heavy atom. The lowest BCUT2D eigenvalue weighted by atomic mass is 10.2. The fourth-order valence-electron chi connectivity index (χ4n) is 1.54. The first-order chi connectivity index (χ1) is 7.06. The van der Waals surface area contributed by atoms with E-state index in [2.05, 4.69) is 26.5 Å². The molecule has 0 radical (unpaired) electrons. The van der Waals surface area contributed by atoms with E-state index in [4.69, 9.17) is 25.0 Å². The van der Waals surface area contributed by atoms with Gasteiger partial charge in [-0.3, -0.25) is 0 Å². The Bertz CT molecular complexity index is 173. The molecule has 0 fully saturated rings. The molecule has 4 heteroatoms. The average Bonchev–Trinajstić information content (AvgIpc) is 2.18. The first-order valence-corrected chi connectivity index (χ1v) is 7.10. The van der Waals surface area contributed by atoms with Crippen molar-refractivity contribution < 1.29 is 3.89 Å².